The normalized spacial score (nSPS) is 11.6. The number of nitrogens with one attached hydrogen (secondary N) is 3. The summed E-state index contributed by atoms with van der Waals surface area (Å²) < 4.78 is 5.31. The van der Waals surface area contributed by atoms with Gasteiger partial charge < -0.3 is 20.7 Å². The number of para-hydroxylation sites is 1. The molecule has 3 N–H and O–H groups in total. The van der Waals surface area contributed by atoms with Crippen molar-refractivity contribution >= 4 is 28.9 Å². The van der Waals surface area contributed by atoms with E-state index in [1.165, 1.54) is 14.0 Å². The molecule has 0 bridgehead atoms. The van der Waals surface area contributed by atoms with E-state index in [0.29, 0.717) is 17.4 Å². The minimum Gasteiger partial charge on any atom is -0.494 e. The number of benzene rings is 2. The van der Waals surface area contributed by atoms with Crippen molar-refractivity contribution in [3.8, 4) is 5.75 Å². The maximum atomic E-state index is 12.6. The molecule has 1 atom stereocenters. The predicted octanol–water partition coefficient (Wildman–Crippen LogP) is 4.22. The molecule has 0 aliphatic rings. The lowest BCUT2D eigenvalue weighted by Gasteiger charge is -2.19. The van der Waals surface area contributed by atoms with E-state index in [-0.39, 0.29) is 11.8 Å². The van der Waals surface area contributed by atoms with Gasteiger partial charge in [0.25, 0.3) is 0 Å². The van der Waals surface area contributed by atoms with Crippen molar-refractivity contribution in [1.82, 2.24) is 0 Å². The lowest BCUT2D eigenvalue weighted by atomic mass is 10.0. The van der Waals surface area contributed by atoms with E-state index < -0.39 is 6.04 Å². The number of hydrogen-bond donors (Lipinski definition) is 3. The van der Waals surface area contributed by atoms with Crippen molar-refractivity contribution < 1.29 is 14.3 Å². The highest BCUT2D eigenvalue weighted by atomic mass is 16.5. The van der Waals surface area contributed by atoms with Gasteiger partial charge >= 0.3 is 0 Å². The van der Waals surface area contributed by atoms with Crippen LogP contribution in [0, 0.1) is 0 Å². The molecule has 0 saturated heterocycles. The summed E-state index contributed by atoms with van der Waals surface area (Å²) in [5.41, 5.74) is 3.23. The number of carbonyl (C=O) groups is 2. The summed E-state index contributed by atoms with van der Waals surface area (Å²) in [5, 5.41) is 8.86. The highest BCUT2D eigenvalue weighted by Gasteiger charge is 2.16. The van der Waals surface area contributed by atoms with Crippen LogP contribution in [0.25, 0.3) is 0 Å². The molecule has 6 nitrogen and oxygen atoms in total. The minimum absolute atomic E-state index is 0.131. The Balaban J connectivity index is 2.09. The summed E-state index contributed by atoms with van der Waals surface area (Å²) in [7, 11) is 1.53. The second kappa shape index (κ2) is 9.07. The molecule has 2 amide bonds. The first-order chi connectivity index (χ1) is 12.8. The third-order valence-corrected chi connectivity index (χ3v) is 4.13. The van der Waals surface area contributed by atoms with Gasteiger partial charge in [0.15, 0.2) is 0 Å². The fraction of sp³-hybridized carbons (Fsp3) is 0.333. The molecule has 0 fully saturated rings. The van der Waals surface area contributed by atoms with Crippen LogP contribution in [-0.2, 0) is 9.59 Å². The van der Waals surface area contributed by atoms with Gasteiger partial charge in [-0.05, 0) is 36.6 Å². The van der Waals surface area contributed by atoms with Crippen molar-refractivity contribution in [2.24, 2.45) is 0 Å². The van der Waals surface area contributed by atoms with E-state index in [2.05, 4.69) is 29.8 Å². The predicted molar refractivity (Wildman–Crippen MR) is 110 cm³/mol. The topological polar surface area (TPSA) is 79.5 Å². The van der Waals surface area contributed by atoms with E-state index in [1.54, 1.807) is 25.1 Å². The van der Waals surface area contributed by atoms with Gasteiger partial charge in [0.1, 0.15) is 11.8 Å². The van der Waals surface area contributed by atoms with Crippen LogP contribution in [0.4, 0.5) is 17.1 Å². The van der Waals surface area contributed by atoms with Crippen LogP contribution in [0.2, 0.25) is 0 Å². The van der Waals surface area contributed by atoms with E-state index in [4.69, 9.17) is 4.74 Å². The van der Waals surface area contributed by atoms with Gasteiger partial charge in [0, 0.05) is 24.4 Å². The van der Waals surface area contributed by atoms with Gasteiger partial charge in [-0.3, -0.25) is 9.59 Å². The number of anilines is 3. The zero-order chi connectivity index (χ0) is 20.0. The van der Waals surface area contributed by atoms with Crippen LogP contribution in [0.5, 0.6) is 5.75 Å². The summed E-state index contributed by atoms with van der Waals surface area (Å²) in [4.78, 5) is 23.8. The number of hydrogen-bond acceptors (Lipinski definition) is 4. The molecule has 0 saturated carbocycles. The van der Waals surface area contributed by atoms with E-state index >= 15 is 0 Å². The fourth-order valence-electron chi connectivity index (χ4n) is 2.74. The van der Waals surface area contributed by atoms with Crippen LogP contribution in [0.3, 0.4) is 0 Å². The Morgan fingerprint density at radius 1 is 0.963 bits per heavy atom. The quantitative estimate of drug-likeness (QED) is 0.683. The highest BCUT2D eigenvalue weighted by molar-refractivity contribution is 5.97. The van der Waals surface area contributed by atoms with Gasteiger partial charge in [0.05, 0.1) is 12.8 Å². The molecule has 1 unspecified atom stereocenters. The van der Waals surface area contributed by atoms with Crippen LogP contribution in [0.1, 0.15) is 39.2 Å². The molecule has 0 radical (unpaired) electrons. The molecule has 0 spiro atoms. The molecule has 2 aromatic carbocycles. The minimum atomic E-state index is -0.457. The van der Waals surface area contributed by atoms with Crippen LogP contribution in [-0.4, -0.2) is 25.0 Å². The standard InChI is InChI=1S/C21H27N3O3/c1-13(2)17-8-6-7-9-18(17)24-21(26)14(3)22-16-10-11-19(23-15(4)25)20(12-16)27-5/h6-14,22H,1-5H3,(H,23,25)(H,24,26). The Bertz CT molecular complexity index is 818. The molecular weight excluding hydrogens is 342 g/mol. The molecule has 6 heteroatoms. The van der Waals surface area contributed by atoms with Crippen LogP contribution in [0.15, 0.2) is 42.5 Å². The SMILES string of the molecule is COc1cc(NC(C)C(=O)Nc2ccccc2C(C)C)ccc1NC(C)=O. The average molecular weight is 369 g/mol. The van der Waals surface area contributed by atoms with E-state index in [9.17, 15) is 9.59 Å². The van der Waals surface area contributed by atoms with Crippen molar-refractivity contribution in [3.63, 3.8) is 0 Å². The van der Waals surface area contributed by atoms with E-state index in [1.807, 2.05) is 24.3 Å². The lowest BCUT2D eigenvalue weighted by molar-refractivity contribution is -0.116. The summed E-state index contributed by atoms with van der Waals surface area (Å²) in [5.74, 6) is 0.530. The molecule has 0 aromatic heterocycles. The van der Waals surface area contributed by atoms with Crippen molar-refractivity contribution in [1.29, 1.82) is 0 Å². The summed E-state index contributed by atoms with van der Waals surface area (Å²) >= 11 is 0. The van der Waals surface area contributed by atoms with Gasteiger partial charge in [-0.15, -0.1) is 0 Å². The van der Waals surface area contributed by atoms with Gasteiger partial charge in [-0.2, -0.15) is 0 Å². The molecular formula is C21H27N3O3. The summed E-state index contributed by atoms with van der Waals surface area (Å²) in [6, 6.07) is 12.6. The molecule has 0 heterocycles. The highest BCUT2D eigenvalue weighted by Crippen LogP contribution is 2.28. The van der Waals surface area contributed by atoms with Gasteiger partial charge in [0.2, 0.25) is 11.8 Å². The van der Waals surface area contributed by atoms with Crippen molar-refractivity contribution in [2.45, 2.75) is 39.7 Å². The number of ether oxygens (including phenoxy) is 1. The van der Waals surface area contributed by atoms with E-state index in [0.717, 1.165) is 16.9 Å². The maximum Gasteiger partial charge on any atom is 0.246 e. The third kappa shape index (κ3) is 5.48. The van der Waals surface area contributed by atoms with Crippen LogP contribution >= 0.6 is 0 Å². The maximum absolute atomic E-state index is 12.6. The molecule has 2 aromatic rings. The summed E-state index contributed by atoms with van der Waals surface area (Å²) in [6.07, 6.45) is 0. The molecule has 144 valence electrons. The fourth-order valence-corrected chi connectivity index (χ4v) is 2.74. The number of methoxy groups -OCH3 is 1. The zero-order valence-corrected chi connectivity index (χ0v) is 16.4. The Kier molecular flexibility index (Phi) is 6.82. The second-order valence-electron chi connectivity index (χ2n) is 6.69. The molecule has 2 rings (SSSR count). The number of amides is 2. The first-order valence-electron chi connectivity index (χ1n) is 8.93. The average Bonchev–Trinajstić information content (AvgIpc) is 2.62. The monoisotopic (exact) mass is 369 g/mol. The molecule has 0 aliphatic carbocycles. The van der Waals surface area contributed by atoms with Crippen molar-refractivity contribution in [3.05, 3.63) is 48.0 Å². The van der Waals surface area contributed by atoms with Crippen molar-refractivity contribution in [2.75, 3.05) is 23.1 Å². The Morgan fingerprint density at radius 2 is 1.67 bits per heavy atom. The van der Waals surface area contributed by atoms with Gasteiger partial charge in [-0.25, -0.2) is 0 Å². The largest absolute Gasteiger partial charge is 0.494 e. The number of rotatable bonds is 7. The summed E-state index contributed by atoms with van der Waals surface area (Å²) in [6.45, 7) is 7.42. The smallest absolute Gasteiger partial charge is 0.246 e. The Labute approximate surface area is 160 Å². The number of carbonyl (C=O) groups excluding carboxylic acids is 2. The lowest BCUT2D eigenvalue weighted by Crippen LogP contribution is -2.32. The zero-order valence-electron chi connectivity index (χ0n) is 16.4. The third-order valence-electron chi connectivity index (χ3n) is 4.13. The molecule has 27 heavy (non-hydrogen) atoms. The Hall–Kier alpha value is -3.02. The second-order valence-corrected chi connectivity index (χ2v) is 6.69. The Morgan fingerprint density at radius 3 is 2.30 bits per heavy atom. The first-order valence-corrected chi connectivity index (χ1v) is 8.93. The van der Waals surface area contributed by atoms with Crippen LogP contribution < -0.4 is 20.7 Å². The first kappa shape index (κ1) is 20.3. The van der Waals surface area contributed by atoms with Gasteiger partial charge in [-0.1, -0.05) is 32.0 Å². The molecule has 0 aliphatic heterocycles.